The van der Waals surface area contributed by atoms with Crippen LogP contribution in [0.5, 0.6) is 0 Å². The molecular formula is C13H16BrClNOS-. The van der Waals surface area contributed by atoms with Crippen molar-refractivity contribution in [2.75, 3.05) is 19.7 Å². The molecule has 18 heavy (non-hydrogen) atoms. The highest BCUT2D eigenvalue weighted by Crippen LogP contribution is 2.29. The van der Waals surface area contributed by atoms with Crippen molar-refractivity contribution in [1.29, 1.82) is 0 Å². The van der Waals surface area contributed by atoms with E-state index in [1.165, 1.54) is 15.6 Å². The Morgan fingerprint density at radius 1 is 1.39 bits per heavy atom. The molecule has 2 rings (SSSR count). The maximum absolute atomic E-state index is 9.01. The van der Waals surface area contributed by atoms with Crippen LogP contribution in [-0.2, 0) is 6.54 Å². The largest absolute Gasteiger partial charge is 1.00 e. The summed E-state index contributed by atoms with van der Waals surface area (Å²) in [6.07, 6.45) is 0. The smallest absolute Gasteiger partial charge is 0.0558 e. The lowest BCUT2D eigenvalue weighted by Gasteiger charge is -2.18. The van der Waals surface area contributed by atoms with E-state index in [9.17, 15) is 0 Å². The third kappa shape index (κ3) is 3.68. The molecule has 1 N–H and O–H groups in total. The number of fused-ring (bicyclic) bond motifs is 1. The SMILES string of the molecule is CCN(CCO)Cc1csc2ccc(Br)cc12.[Cl-]. The molecule has 2 nitrogen and oxygen atoms in total. The number of thiophene rings is 1. The topological polar surface area (TPSA) is 23.5 Å². The zero-order chi connectivity index (χ0) is 12.3. The van der Waals surface area contributed by atoms with Crippen LogP contribution in [0.25, 0.3) is 10.1 Å². The van der Waals surface area contributed by atoms with Gasteiger partial charge in [0.25, 0.3) is 0 Å². The van der Waals surface area contributed by atoms with Gasteiger partial charge >= 0.3 is 0 Å². The summed E-state index contributed by atoms with van der Waals surface area (Å²) in [6.45, 7) is 4.96. The third-order valence-electron chi connectivity index (χ3n) is 2.87. The first-order valence-corrected chi connectivity index (χ1v) is 7.40. The zero-order valence-corrected chi connectivity index (χ0v) is 13.4. The molecule has 0 atom stereocenters. The number of halogens is 2. The van der Waals surface area contributed by atoms with Gasteiger partial charge in [0.05, 0.1) is 6.61 Å². The molecule has 0 fully saturated rings. The van der Waals surface area contributed by atoms with Gasteiger partial charge in [0.15, 0.2) is 0 Å². The molecule has 0 unspecified atom stereocenters. The van der Waals surface area contributed by atoms with E-state index in [0.717, 1.165) is 24.1 Å². The first-order valence-electron chi connectivity index (χ1n) is 5.73. The molecule has 1 aromatic carbocycles. The molecule has 0 radical (unpaired) electrons. The standard InChI is InChI=1S/C13H16BrNOS.ClH/c1-2-15(5-6-16)8-10-9-17-13-4-3-11(14)7-12(10)13;/h3-4,7,9,16H,2,5-6,8H2,1H3;1H/p-1. The van der Waals surface area contributed by atoms with Crippen molar-refractivity contribution in [2.24, 2.45) is 0 Å². The number of rotatable bonds is 5. The molecule has 0 amide bonds. The second kappa shape index (κ2) is 7.46. The van der Waals surface area contributed by atoms with E-state index < -0.39 is 0 Å². The van der Waals surface area contributed by atoms with Crippen LogP contribution in [-0.4, -0.2) is 29.7 Å². The fourth-order valence-corrected chi connectivity index (χ4v) is 3.20. The lowest BCUT2D eigenvalue weighted by atomic mass is 10.1. The van der Waals surface area contributed by atoms with Gasteiger partial charge in [-0.1, -0.05) is 22.9 Å². The van der Waals surface area contributed by atoms with Crippen molar-refractivity contribution in [3.8, 4) is 0 Å². The Labute approximate surface area is 126 Å². The Morgan fingerprint density at radius 2 is 2.17 bits per heavy atom. The van der Waals surface area contributed by atoms with Crippen LogP contribution in [0.3, 0.4) is 0 Å². The van der Waals surface area contributed by atoms with Gasteiger partial charge in [0, 0.05) is 22.3 Å². The fourth-order valence-electron chi connectivity index (χ4n) is 1.91. The monoisotopic (exact) mass is 348 g/mol. The van der Waals surface area contributed by atoms with Crippen molar-refractivity contribution in [3.05, 3.63) is 33.6 Å². The fraction of sp³-hybridized carbons (Fsp3) is 0.385. The third-order valence-corrected chi connectivity index (χ3v) is 4.38. The normalized spacial score (nSPS) is 10.9. The van der Waals surface area contributed by atoms with Gasteiger partial charge in [-0.15, -0.1) is 11.3 Å². The van der Waals surface area contributed by atoms with E-state index in [1.54, 1.807) is 11.3 Å². The summed E-state index contributed by atoms with van der Waals surface area (Å²) in [6, 6.07) is 6.40. The van der Waals surface area contributed by atoms with Gasteiger partial charge in [0.2, 0.25) is 0 Å². The van der Waals surface area contributed by atoms with E-state index in [0.29, 0.717) is 0 Å². The number of aliphatic hydroxyl groups is 1. The quantitative estimate of drug-likeness (QED) is 0.849. The van der Waals surface area contributed by atoms with Crippen LogP contribution >= 0.6 is 27.3 Å². The molecule has 2 aromatic rings. The van der Waals surface area contributed by atoms with Gasteiger partial charge < -0.3 is 17.5 Å². The van der Waals surface area contributed by atoms with Crippen molar-refractivity contribution in [2.45, 2.75) is 13.5 Å². The zero-order valence-electron chi connectivity index (χ0n) is 10.2. The Bertz CT molecular complexity index is 503. The number of aliphatic hydroxyl groups excluding tert-OH is 1. The van der Waals surface area contributed by atoms with E-state index in [1.807, 2.05) is 0 Å². The summed E-state index contributed by atoms with van der Waals surface area (Å²) in [5.41, 5.74) is 1.35. The summed E-state index contributed by atoms with van der Waals surface area (Å²) < 4.78 is 2.44. The second-order valence-electron chi connectivity index (χ2n) is 3.99. The second-order valence-corrected chi connectivity index (χ2v) is 5.82. The lowest BCUT2D eigenvalue weighted by molar-refractivity contribution is -0.00000445. The van der Waals surface area contributed by atoms with Gasteiger partial charge in [0.1, 0.15) is 0 Å². The van der Waals surface area contributed by atoms with Crippen LogP contribution in [0.15, 0.2) is 28.1 Å². The molecule has 0 aliphatic carbocycles. The summed E-state index contributed by atoms with van der Waals surface area (Å²) in [4.78, 5) is 2.25. The molecule has 0 saturated heterocycles. The van der Waals surface area contributed by atoms with E-state index in [2.05, 4.69) is 51.3 Å². The molecule has 0 saturated carbocycles. The highest BCUT2D eigenvalue weighted by molar-refractivity contribution is 9.10. The average molecular weight is 350 g/mol. The maximum Gasteiger partial charge on any atom is 0.0558 e. The first-order chi connectivity index (χ1) is 8.24. The molecule has 0 spiro atoms. The van der Waals surface area contributed by atoms with Crippen LogP contribution in [0.1, 0.15) is 12.5 Å². The number of hydrogen-bond donors (Lipinski definition) is 1. The minimum Gasteiger partial charge on any atom is -1.00 e. The Hall–Kier alpha value is -0.130. The molecule has 0 bridgehead atoms. The minimum absolute atomic E-state index is 0. The predicted molar refractivity (Wildman–Crippen MR) is 77.6 cm³/mol. The van der Waals surface area contributed by atoms with Crippen LogP contribution in [0.4, 0.5) is 0 Å². The van der Waals surface area contributed by atoms with E-state index >= 15 is 0 Å². The summed E-state index contributed by atoms with van der Waals surface area (Å²) in [5, 5.41) is 12.5. The number of benzene rings is 1. The Morgan fingerprint density at radius 3 is 2.83 bits per heavy atom. The van der Waals surface area contributed by atoms with Crippen molar-refractivity contribution < 1.29 is 17.5 Å². The Balaban J connectivity index is 0.00000162. The average Bonchev–Trinajstić information content (AvgIpc) is 2.71. The Kier molecular flexibility index (Phi) is 6.60. The van der Waals surface area contributed by atoms with Crippen LogP contribution in [0.2, 0.25) is 0 Å². The lowest BCUT2D eigenvalue weighted by Crippen LogP contribution is -3.00. The summed E-state index contributed by atoms with van der Waals surface area (Å²) >= 11 is 5.30. The van der Waals surface area contributed by atoms with Gasteiger partial charge in [-0.2, -0.15) is 0 Å². The number of likely N-dealkylation sites (N-methyl/N-ethyl adjacent to an activating group) is 1. The minimum atomic E-state index is 0. The van der Waals surface area contributed by atoms with Gasteiger partial charge in [-0.3, -0.25) is 4.90 Å². The van der Waals surface area contributed by atoms with Crippen molar-refractivity contribution >= 4 is 37.4 Å². The van der Waals surface area contributed by atoms with E-state index in [4.69, 9.17) is 5.11 Å². The molecule has 1 aromatic heterocycles. The van der Waals surface area contributed by atoms with Gasteiger partial charge in [-0.25, -0.2) is 0 Å². The first kappa shape index (κ1) is 15.9. The molecule has 0 aliphatic heterocycles. The molecule has 0 aliphatic rings. The van der Waals surface area contributed by atoms with Crippen LogP contribution in [0, 0.1) is 0 Å². The maximum atomic E-state index is 9.01. The highest BCUT2D eigenvalue weighted by Gasteiger charge is 2.08. The summed E-state index contributed by atoms with van der Waals surface area (Å²) in [7, 11) is 0. The highest BCUT2D eigenvalue weighted by atomic mass is 79.9. The molecular weight excluding hydrogens is 334 g/mol. The predicted octanol–water partition coefficient (Wildman–Crippen LogP) is 0.482. The molecule has 5 heteroatoms. The van der Waals surface area contributed by atoms with Crippen molar-refractivity contribution in [3.63, 3.8) is 0 Å². The summed E-state index contributed by atoms with van der Waals surface area (Å²) in [5.74, 6) is 0. The van der Waals surface area contributed by atoms with Crippen molar-refractivity contribution in [1.82, 2.24) is 4.90 Å². The number of nitrogens with zero attached hydrogens (tertiary/aromatic N) is 1. The number of hydrogen-bond acceptors (Lipinski definition) is 3. The molecule has 100 valence electrons. The van der Waals surface area contributed by atoms with Gasteiger partial charge in [-0.05, 0) is 41.1 Å². The molecule has 1 heterocycles. The van der Waals surface area contributed by atoms with E-state index in [-0.39, 0.29) is 19.0 Å². The van der Waals surface area contributed by atoms with Crippen LogP contribution < -0.4 is 12.4 Å².